The third kappa shape index (κ3) is 3.29. The van der Waals surface area contributed by atoms with Gasteiger partial charge in [0.25, 0.3) is 0 Å². The summed E-state index contributed by atoms with van der Waals surface area (Å²) in [5.74, 6) is 0. The second-order valence-corrected chi connectivity index (χ2v) is 4.38. The van der Waals surface area contributed by atoms with Crippen LogP contribution in [0.1, 0.15) is 31.2 Å². The molecule has 1 aromatic rings. The Bertz CT molecular complexity index is 319. The van der Waals surface area contributed by atoms with Crippen molar-refractivity contribution in [1.82, 2.24) is 15.2 Å². The van der Waals surface area contributed by atoms with Crippen LogP contribution in [0.4, 0.5) is 0 Å². The predicted molar refractivity (Wildman–Crippen MR) is 66.1 cm³/mol. The average Bonchev–Trinajstić information content (AvgIpc) is 2.80. The molecule has 0 amide bonds. The van der Waals surface area contributed by atoms with E-state index in [0.29, 0.717) is 0 Å². The average molecular weight is 219 g/mol. The third-order valence-corrected chi connectivity index (χ3v) is 3.00. The van der Waals surface area contributed by atoms with Crippen molar-refractivity contribution >= 4 is 0 Å². The highest BCUT2D eigenvalue weighted by Crippen LogP contribution is 2.11. The fraction of sp³-hybridized carbons (Fsp3) is 0.615. The van der Waals surface area contributed by atoms with Crippen LogP contribution < -0.4 is 5.32 Å². The fourth-order valence-corrected chi connectivity index (χ4v) is 2.14. The highest BCUT2D eigenvalue weighted by Gasteiger charge is 2.12. The Balaban J connectivity index is 1.92. The van der Waals surface area contributed by atoms with Gasteiger partial charge in [-0.05, 0) is 44.6 Å². The van der Waals surface area contributed by atoms with Crippen LogP contribution in [-0.4, -0.2) is 29.5 Å². The number of pyridine rings is 1. The van der Waals surface area contributed by atoms with Crippen molar-refractivity contribution < 1.29 is 0 Å². The minimum atomic E-state index is 0.879. The molecule has 0 atom stereocenters. The SMILES string of the molecule is CCNCc1cccc(CN2CCCC2)n1. The van der Waals surface area contributed by atoms with Gasteiger partial charge < -0.3 is 5.32 Å². The molecule has 0 bridgehead atoms. The van der Waals surface area contributed by atoms with Gasteiger partial charge in [0.15, 0.2) is 0 Å². The maximum atomic E-state index is 4.67. The molecule has 2 heterocycles. The van der Waals surface area contributed by atoms with E-state index in [9.17, 15) is 0 Å². The molecule has 1 fully saturated rings. The van der Waals surface area contributed by atoms with E-state index in [-0.39, 0.29) is 0 Å². The van der Waals surface area contributed by atoms with Crippen LogP contribution in [0.15, 0.2) is 18.2 Å². The van der Waals surface area contributed by atoms with Gasteiger partial charge in [-0.15, -0.1) is 0 Å². The normalized spacial score (nSPS) is 16.8. The Kier molecular flexibility index (Phi) is 4.31. The smallest absolute Gasteiger partial charge is 0.0547 e. The molecule has 0 spiro atoms. The summed E-state index contributed by atoms with van der Waals surface area (Å²) in [6, 6.07) is 6.34. The zero-order chi connectivity index (χ0) is 11.2. The van der Waals surface area contributed by atoms with E-state index in [1.54, 1.807) is 0 Å². The van der Waals surface area contributed by atoms with Gasteiger partial charge in [-0.2, -0.15) is 0 Å². The van der Waals surface area contributed by atoms with Gasteiger partial charge >= 0.3 is 0 Å². The number of likely N-dealkylation sites (tertiary alicyclic amines) is 1. The van der Waals surface area contributed by atoms with Crippen molar-refractivity contribution in [1.29, 1.82) is 0 Å². The second-order valence-electron chi connectivity index (χ2n) is 4.38. The molecule has 0 aromatic carbocycles. The van der Waals surface area contributed by atoms with E-state index in [4.69, 9.17) is 0 Å². The monoisotopic (exact) mass is 219 g/mol. The summed E-state index contributed by atoms with van der Waals surface area (Å²) in [7, 11) is 0. The first-order valence-corrected chi connectivity index (χ1v) is 6.26. The molecule has 0 radical (unpaired) electrons. The number of hydrogen-bond acceptors (Lipinski definition) is 3. The van der Waals surface area contributed by atoms with E-state index < -0.39 is 0 Å². The molecular weight excluding hydrogens is 198 g/mol. The minimum Gasteiger partial charge on any atom is -0.311 e. The lowest BCUT2D eigenvalue weighted by atomic mass is 10.3. The van der Waals surface area contributed by atoms with Gasteiger partial charge in [0, 0.05) is 13.1 Å². The molecule has 0 aliphatic carbocycles. The summed E-state index contributed by atoms with van der Waals surface area (Å²) in [5, 5.41) is 3.31. The van der Waals surface area contributed by atoms with Crippen molar-refractivity contribution in [3.63, 3.8) is 0 Å². The lowest BCUT2D eigenvalue weighted by Crippen LogP contribution is -2.20. The summed E-state index contributed by atoms with van der Waals surface area (Å²) in [6.07, 6.45) is 2.69. The number of aromatic nitrogens is 1. The van der Waals surface area contributed by atoms with Gasteiger partial charge in [-0.25, -0.2) is 0 Å². The molecule has 88 valence electrons. The molecule has 3 heteroatoms. The van der Waals surface area contributed by atoms with Crippen LogP contribution >= 0.6 is 0 Å². The lowest BCUT2D eigenvalue weighted by molar-refractivity contribution is 0.327. The molecule has 2 rings (SSSR count). The molecule has 1 saturated heterocycles. The number of hydrogen-bond donors (Lipinski definition) is 1. The standard InChI is InChI=1S/C13H21N3/c1-2-14-10-12-6-5-7-13(15-12)11-16-8-3-4-9-16/h5-7,14H,2-4,8-11H2,1H3. The van der Waals surface area contributed by atoms with E-state index in [1.165, 1.54) is 31.6 Å². The van der Waals surface area contributed by atoms with Crippen LogP contribution in [-0.2, 0) is 13.1 Å². The first-order valence-electron chi connectivity index (χ1n) is 6.26. The van der Waals surface area contributed by atoms with Gasteiger partial charge in [-0.1, -0.05) is 13.0 Å². The Morgan fingerprint density at radius 3 is 2.75 bits per heavy atom. The van der Waals surface area contributed by atoms with Crippen molar-refractivity contribution in [2.24, 2.45) is 0 Å². The zero-order valence-electron chi connectivity index (χ0n) is 10.1. The molecule has 1 N–H and O–H groups in total. The summed E-state index contributed by atoms with van der Waals surface area (Å²) in [4.78, 5) is 7.16. The van der Waals surface area contributed by atoms with Gasteiger partial charge in [0.05, 0.1) is 11.4 Å². The number of nitrogens with one attached hydrogen (secondary N) is 1. The quantitative estimate of drug-likeness (QED) is 0.818. The first-order chi connectivity index (χ1) is 7.88. The van der Waals surface area contributed by atoms with Crippen LogP contribution in [0, 0.1) is 0 Å². The van der Waals surface area contributed by atoms with Crippen molar-refractivity contribution in [3.05, 3.63) is 29.6 Å². The van der Waals surface area contributed by atoms with Crippen LogP contribution in [0.5, 0.6) is 0 Å². The highest BCUT2D eigenvalue weighted by molar-refractivity contribution is 5.11. The third-order valence-electron chi connectivity index (χ3n) is 3.00. The van der Waals surface area contributed by atoms with Crippen LogP contribution in [0.3, 0.4) is 0 Å². The highest BCUT2D eigenvalue weighted by atomic mass is 15.1. The van der Waals surface area contributed by atoms with E-state index in [1.807, 2.05) is 0 Å². The summed E-state index contributed by atoms with van der Waals surface area (Å²) in [6.45, 7) is 7.48. The first kappa shape index (κ1) is 11.6. The summed E-state index contributed by atoms with van der Waals surface area (Å²) in [5.41, 5.74) is 2.36. The van der Waals surface area contributed by atoms with Crippen molar-refractivity contribution in [2.75, 3.05) is 19.6 Å². The van der Waals surface area contributed by atoms with Crippen molar-refractivity contribution in [3.8, 4) is 0 Å². The predicted octanol–water partition coefficient (Wildman–Crippen LogP) is 1.79. The molecule has 0 saturated carbocycles. The maximum Gasteiger partial charge on any atom is 0.0547 e. The fourth-order valence-electron chi connectivity index (χ4n) is 2.14. The lowest BCUT2D eigenvalue weighted by Gasteiger charge is -2.14. The summed E-state index contributed by atoms with van der Waals surface area (Å²) >= 11 is 0. The van der Waals surface area contributed by atoms with E-state index in [2.05, 4.69) is 40.3 Å². The molecule has 1 aromatic heterocycles. The van der Waals surface area contributed by atoms with E-state index in [0.717, 1.165) is 25.3 Å². The van der Waals surface area contributed by atoms with Crippen LogP contribution in [0.25, 0.3) is 0 Å². The Labute approximate surface area is 97.9 Å². The summed E-state index contributed by atoms with van der Waals surface area (Å²) < 4.78 is 0. The Morgan fingerprint density at radius 2 is 2.00 bits per heavy atom. The molecule has 1 aliphatic rings. The molecule has 0 unspecified atom stereocenters. The zero-order valence-corrected chi connectivity index (χ0v) is 10.1. The van der Waals surface area contributed by atoms with E-state index >= 15 is 0 Å². The number of nitrogens with zero attached hydrogens (tertiary/aromatic N) is 2. The topological polar surface area (TPSA) is 28.2 Å². The Hall–Kier alpha value is -0.930. The number of rotatable bonds is 5. The molecule has 16 heavy (non-hydrogen) atoms. The largest absolute Gasteiger partial charge is 0.311 e. The van der Waals surface area contributed by atoms with Crippen LogP contribution in [0.2, 0.25) is 0 Å². The van der Waals surface area contributed by atoms with Gasteiger partial charge in [0.2, 0.25) is 0 Å². The Morgan fingerprint density at radius 1 is 1.25 bits per heavy atom. The molecule has 3 nitrogen and oxygen atoms in total. The second kappa shape index (κ2) is 5.97. The van der Waals surface area contributed by atoms with Crippen molar-refractivity contribution in [2.45, 2.75) is 32.9 Å². The maximum absolute atomic E-state index is 4.67. The van der Waals surface area contributed by atoms with Gasteiger partial charge in [0.1, 0.15) is 0 Å². The molecule has 1 aliphatic heterocycles. The van der Waals surface area contributed by atoms with Gasteiger partial charge in [-0.3, -0.25) is 9.88 Å². The molecular formula is C13H21N3. The minimum absolute atomic E-state index is 0.879.